The summed E-state index contributed by atoms with van der Waals surface area (Å²) in [5, 5.41) is 0. The summed E-state index contributed by atoms with van der Waals surface area (Å²) in [6.45, 7) is 6.09. The number of pyridine rings is 1. The van der Waals surface area contributed by atoms with E-state index in [-0.39, 0.29) is 5.54 Å². The molecule has 2 aromatic rings. The fourth-order valence-electron chi connectivity index (χ4n) is 2.05. The lowest BCUT2D eigenvalue weighted by molar-refractivity contribution is 0.554. The van der Waals surface area contributed by atoms with Gasteiger partial charge in [0.1, 0.15) is 5.82 Å². The van der Waals surface area contributed by atoms with Gasteiger partial charge in [0, 0.05) is 11.7 Å². The highest BCUT2D eigenvalue weighted by Crippen LogP contribution is 2.22. The fraction of sp³-hybridized carbons (Fsp3) is 0.235. The molecule has 0 aliphatic rings. The second-order valence-electron chi connectivity index (χ2n) is 5.64. The Morgan fingerprint density at radius 3 is 2.35 bits per heavy atom. The van der Waals surface area contributed by atoms with Gasteiger partial charge in [-0.3, -0.25) is 0 Å². The SMILES string of the molecule is C/C(=C\c1ccnc(N)c1)c1ccc(C(C)(C)N)cc1. The van der Waals surface area contributed by atoms with E-state index in [4.69, 9.17) is 11.5 Å². The molecule has 1 heterocycles. The van der Waals surface area contributed by atoms with Gasteiger partial charge >= 0.3 is 0 Å². The van der Waals surface area contributed by atoms with Crippen molar-refractivity contribution >= 4 is 17.5 Å². The number of allylic oxidation sites excluding steroid dienone is 1. The zero-order chi connectivity index (χ0) is 14.8. The van der Waals surface area contributed by atoms with E-state index < -0.39 is 0 Å². The van der Waals surface area contributed by atoms with Gasteiger partial charge in [0.25, 0.3) is 0 Å². The molecule has 0 saturated carbocycles. The number of nitrogen functional groups attached to an aromatic ring is 1. The molecule has 0 spiro atoms. The first-order chi connectivity index (χ1) is 9.36. The van der Waals surface area contributed by atoms with Crippen LogP contribution in [-0.2, 0) is 5.54 Å². The van der Waals surface area contributed by atoms with Crippen LogP contribution in [0.25, 0.3) is 11.6 Å². The first-order valence-corrected chi connectivity index (χ1v) is 6.66. The van der Waals surface area contributed by atoms with Crippen molar-refractivity contribution in [3.05, 3.63) is 59.3 Å². The third kappa shape index (κ3) is 3.45. The molecule has 4 N–H and O–H groups in total. The van der Waals surface area contributed by atoms with Gasteiger partial charge in [-0.2, -0.15) is 0 Å². The van der Waals surface area contributed by atoms with E-state index in [1.165, 1.54) is 11.1 Å². The van der Waals surface area contributed by atoms with E-state index in [1.54, 1.807) is 6.20 Å². The molecule has 1 aromatic heterocycles. The van der Waals surface area contributed by atoms with Crippen LogP contribution in [0.1, 0.15) is 37.5 Å². The maximum Gasteiger partial charge on any atom is 0.123 e. The van der Waals surface area contributed by atoms with Crippen molar-refractivity contribution in [2.75, 3.05) is 5.73 Å². The molecule has 0 unspecified atom stereocenters. The van der Waals surface area contributed by atoms with Crippen molar-refractivity contribution in [3.8, 4) is 0 Å². The standard InChI is InChI=1S/C17H21N3/c1-12(10-13-8-9-20-16(18)11-13)14-4-6-15(7-5-14)17(2,3)19/h4-11H,19H2,1-3H3,(H2,18,20)/b12-10+. The Hall–Kier alpha value is -2.13. The van der Waals surface area contributed by atoms with Crippen LogP contribution in [0.4, 0.5) is 5.82 Å². The fourth-order valence-corrected chi connectivity index (χ4v) is 2.05. The second-order valence-corrected chi connectivity index (χ2v) is 5.64. The first kappa shape index (κ1) is 14.3. The predicted molar refractivity (Wildman–Crippen MR) is 85.8 cm³/mol. The van der Waals surface area contributed by atoms with Crippen LogP contribution in [0.2, 0.25) is 0 Å². The maximum absolute atomic E-state index is 6.09. The third-order valence-corrected chi connectivity index (χ3v) is 3.27. The van der Waals surface area contributed by atoms with Crippen molar-refractivity contribution < 1.29 is 0 Å². The van der Waals surface area contributed by atoms with Gasteiger partial charge < -0.3 is 11.5 Å². The molecular weight excluding hydrogens is 246 g/mol. The summed E-state index contributed by atoms with van der Waals surface area (Å²) in [6, 6.07) is 12.2. The molecule has 2 rings (SSSR count). The van der Waals surface area contributed by atoms with Crippen LogP contribution in [0.3, 0.4) is 0 Å². The summed E-state index contributed by atoms with van der Waals surface area (Å²) in [5.41, 5.74) is 16.0. The molecule has 0 bridgehead atoms. The minimum Gasteiger partial charge on any atom is -0.384 e. The Balaban J connectivity index is 2.27. The van der Waals surface area contributed by atoms with Gasteiger partial charge in [-0.05, 0) is 55.2 Å². The summed E-state index contributed by atoms with van der Waals surface area (Å²) in [7, 11) is 0. The van der Waals surface area contributed by atoms with Gasteiger partial charge in [-0.1, -0.05) is 30.3 Å². The van der Waals surface area contributed by atoms with Crippen LogP contribution < -0.4 is 11.5 Å². The number of rotatable bonds is 3. The van der Waals surface area contributed by atoms with E-state index in [2.05, 4.69) is 42.2 Å². The molecule has 0 amide bonds. The van der Waals surface area contributed by atoms with Gasteiger partial charge in [-0.15, -0.1) is 0 Å². The van der Waals surface area contributed by atoms with Crippen LogP contribution in [0.5, 0.6) is 0 Å². The largest absolute Gasteiger partial charge is 0.384 e. The Kier molecular flexibility index (Phi) is 3.91. The normalized spacial score (nSPS) is 12.5. The van der Waals surface area contributed by atoms with Crippen LogP contribution in [-0.4, -0.2) is 4.98 Å². The lowest BCUT2D eigenvalue weighted by Crippen LogP contribution is -2.28. The summed E-state index contributed by atoms with van der Waals surface area (Å²) >= 11 is 0. The highest BCUT2D eigenvalue weighted by molar-refractivity contribution is 5.80. The molecule has 0 aliphatic heterocycles. The average molecular weight is 267 g/mol. The lowest BCUT2D eigenvalue weighted by Gasteiger charge is -2.19. The van der Waals surface area contributed by atoms with E-state index in [0.717, 1.165) is 11.1 Å². The van der Waals surface area contributed by atoms with Crippen molar-refractivity contribution in [2.24, 2.45) is 5.73 Å². The minimum atomic E-state index is -0.310. The number of anilines is 1. The molecular formula is C17H21N3. The minimum absolute atomic E-state index is 0.310. The number of nitrogens with two attached hydrogens (primary N) is 2. The number of hydrogen-bond donors (Lipinski definition) is 2. The van der Waals surface area contributed by atoms with E-state index in [9.17, 15) is 0 Å². The van der Waals surface area contributed by atoms with Crippen molar-refractivity contribution in [1.29, 1.82) is 0 Å². The van der Waals surface area contributed by atoms with Crippen molar-refractivity contribution in [3.63, 3.8) is 0 Å². The summed E-state index contributed by atoms with van der Waals surface area (Å²) < 4.78 is 0. The van der Waals surface area contributed by atoms with Gasteiger partial charge in [-0.25, -0.2) is 4.98 Å². The topological polar surface area (TPSA) is 64.9 Å². The van der Waals surface area contributed by atoms with Crippen LogP contribution in [0, 0.1) is 0 Å². The Morgan fingerprint density at radius 1 is 1.15 bits per heavy atom. The monoisotopic (exact) mass is 267 g/mol. The molecule has 0 radical (unpaired) electrons. The molecule has 3 nitrogen and oxygen atoms in total. The van der Waals surface area contributed by atoms with Gasteiger partial charge in [0.15, 0.2) is 0 Å². The molecule has 0 atom stereocenters. The molecule has 3 heteroatoms. The van der Waals surface area contributed by atoms with E-state index in [0.29, 0.717) is 5.82 Å². The Morgan fingerprint density at radius 2 is 1.80 bits per heavy atom. The molecule has 0 saturated heterocycles. The molecule has 0 aliphatic carbocycles. The van der Waals surface area contributed by atoms with E-state index >= 15 is 0 Å². The first-order valence-electron chi connectivity index (χ1n) is 6.66. The summed E-state index contributed by atoms with van der Waals surface area (Å²) in [4.78, 5) is 3.99. The smallest absolute Gasteiger partial charge is 0.123 e. The Labute approximate surface area is 120 Å². The van der Waals surface area contributed by atoms with Crippen molar-refractivity contribution in [2.45, 2.75) is 26.3 Å². The van der Waals surface area contributed by atoms with Crippen LogP contribution in [0.15, 0.2) is 42.6 Å². The molecule has 20 heavy (non-hydrogen) atoms. The average Bonchev–Trinajstić information content (AvgIpc) is 2.38. The highest BCUT2D eigenvalue weighted by Gasteiger charge is 2.13. The number of aromatic nitrogens is 1. The van der Waals surface area contributed by atoms with Crippen molar-refractivity contribution in [1.82, 2.24) is 4.98 Å². The zero-order valence-electron chi connectivity index (χ0n) is 12.2. The van der Waals surface area contributed by atoms with Gasteiger partial charge in [0.2, 0.25) is 0 Å². The maximum atomic E-state index is 6.09. The third-order valence-electron chi connectivity index (χ3n) is 3.27. The van der Waals surface area contributed by atoms with Gasteiger partial charge in [0.05, 0.1) is 0 Å². The highest BCUT2D eigenvalue weighted by atomic mass is 14.8. The summed E-state index contributed by atoms with van der Waals surface area (Å²) in [6.07, 6.45) is 3.81. The summed E-state index contributed by atoms with van der Waals surface area (Å²) in [5.74, 6) is 0.534. The second kappa shape index (κ2) is 5.47. The quantitative estimate of drug-likeness (QED) is 0.895. The lowest BCUT2D eigenvalue weighted by atomic mass is 9.93. The molecule has 0 fully saturated rings. The molecule has 1 aromatic carbocycles. The zero-order valence-corrected chi connectivity index (χ0v) is 12.2. The number of nitrogens with zero attached hydrogens (tertiary/aromatic N) is 1. The van der Waals surface area contributed by atoms with Crippen LogP contribution >= 0.6 is 0 Å². The molecule has 104 valence electrons. The predicted octanol–water partition coefficient (Wildman–Crippen LogP) is 3.42. The van der Waals surface area contributed by atoms with E-state index in [1.807, 2.05) is 26.0 Å². The number of benzene rings is 1. The Bertz CT molecular complexity index is 619. The number of hydrogen-bond acceptors (Lipinski definition) is 3.